The highest BCUT2D eigenvalue weighted by Crippen LogP contribution is 2.28. The van der Waals surface area contributed by atoms with Gasteiger partial charge in [0.1, 0.15) is 5.15 Å². The minimum atomic E-state index is -0.171. The lowest BCUT2D eigenvalue weighted by Gasteiger charge is -2.12. The summed E-state index contributed by atoms with van der Waals surface area (Å²) in [6, 6.07) is 8.99. The number of pyridine rings is 1. The molecule has 0 aliphatic carbocycles. The van der Waals surface area contributed by atoms with Crippen LogP contribution < -0.4 is 14.8 Å². The molecule has 0 unspecified atom stereocenters. The molecule has 0 aliphatic heterocycles. The standard InChI is InChI=1S/C18H21ClN2O3/c1-3-23-15-6-5-13(11-16(15)24-4-2)7-9-21-18(22)14-8-10-20-17(19)12-14/h5-6,8,10-12H,3-4,7,9H2,1-2H3,(H,21,22). The van der Waals surface area contributed by atoms with Crippen LogP contribution in [0.15, 0.2) is 36.5 Å². The molecule has 0 spiro atoms. The summed E-state index contributed by atoms with van der Waals surface area (Å²) in [4.78, 5) is 15.9. The topological polar surface area (TPSA) is 60.5 Å². The van der Waals surface area contributed by atoms with Crippen LogP contribution in [0.5, 0.6) is 11.5 Å². The van der Waals surface area contributed by atoms with Crippen LogP contribution in [0.25, 0.3) is 0 Å². The highest BCUT2D eigenvalue weighted by atomic mass is 35.5. The minimum Gasteiger partial charge on any atom is -0.490 e. The van der Waals surface area contributed by atoms with Gasteiger partial charge in [-0.1, -0.05) is 17.7 Å². The van der Waals surface area contributed by atoms with Crippen LogP contribution in [-0.4, -0.2) is 30.6 Å². The Balaban J connectivity index is 1.94. The smallest absolute Gasteiger partial charge is 0.251 e. The van der Waals surface area contributed by atoms with Crippen molar-refractivity contribution >= 4 is 17.5 Å². The molecule has 1 heterocycles. The normalized spacial score (nSPS) is 10.3. The molecule has 0 atom stereocenters. The number of nitrogens with zero attached hydrogens (tertiary/aromatic N) is 1. The Bertz CT molecular complexity index is 692. The zero-order chi connectivity index (χ0) is 17.4. The average Bonchev–Trinajstić information content (AvgIpc) is 2.57. The number of amides is 1. The second-order valence-electron chi connectivity index (χ2n) is 5.02. The summed E-state index contributed by atoms with van der Waals surface area (Å²) in [6.07, 6.45) is 2.20. The van der Waals surface area contributed by atoms with Crippen molar-refractivity contribution in [3.8, 4) is 11.5 Å². The predicted octanol–water partition coefficient (Wildman–Crippen LogP) is 3.50. The van der Waals surface area contributed by atoms with Crippen LogP contribution in [0.3, 0.4) is 0 Å². The van der Waals surface area contributed by atoms with Crippen LogP contribution in [0, 0.1) is 0 Å². The lowest BCUT2D eigenvalue weighted by molar-refractivity contribution is 0.0954. The summed E-state index contributed by atoms with van der Waals surface area (Å²) < 4.78 is 11.1. The second-order valence-corrected chi connectivity index (χ2v) is 5.41. The number of aromatic nitrogens is 1. The van der Waals surface area contributed by atoms with Gasteiger partial charge in [0.2, 0.25) is 0 Å². The van der Waals surface area contributed by atoms with Crippen LogP contribution in [0.4, 0.5) is 0 Å². The van der Waals surface area contributed by atoms with E-state index in [0.29, 0.717) is 36.9 Å². The van der Waals surface area contributed by atoms with Crippen molar-refractivity contribution in [2.24, 2.45) is 0 Å². The largest absolute Gasteiger partial charge is 0.490 e. The highest BCUT2D eigenvalue weighted by molar-refractivity contribution is 6.29. The molecule has 2 rings (SSSR count). The Labute approximate surface area is 147 Å². The van der Waals surface area contributed by atoms with Crippen LogP contribution in [-0.2, 0) is 6.42 Å². The summed E-state index contributed by atoms with van der Waals surface area (Å²) in [7, 11) is 0. The van der Waals surface area contributed by atoms with Gasteiger partial charge in [0, 0.05) is 18.3 Å². The fraction of sp³-hybridized carbons (Fsp3) is 0.333. The Morgan fingerprint density at radius 1 is 1.12 bits per heavy atom. The van der Waals surface area contributed by atoms with Crippen molar-refractivity contribution in [3.05, 3.63) is 52.8 Å². The van der Waals surface area contributed by atoms with Gasteiger partial charge in [0.05, 0.1) is 13.2 Å². The molecule has 1 amide bonds. The van der Waals surface area contributed by atoms with E-state index in [9.17, 15) is 4.79 Å². The van der Waals surface area contributed by atoms with Crippen molar-refractivity contribution in [2.45, 2.75) is 20.3 Å². The summed E-state index contributed by atoms with van der Waals surface area (Å²) in [5, 5.41) is 3.17. The summed E-state index contributed by atoms with van der Waals surface area (Å²) in [5.74, 6) is 1.29. The fourth-order valence-electron chi connectivity index (χ4n) is 2.22. The molecule has 5 nitrogen and oxygen atoms in total. The van der Waals surface area contributed by atoms with E-state index in [0.717, 1.165) is 17.1 Å². The number of ether oxygens (including phenoxy) is 2. The third-order valence-corrected chi connectivity index (χ3v) is 3.50. The van der Waals surface area contributed by atoms with E-state index in [-0.39, 0.29) is 5.91 Å². The quantitative estimate of drug-likeness (QED) is 0.742. The fourth-order valence-corrected chi connectivity index (χ4v) is 2.39. The number of nitrogens with one attached hydrogen (secondary N) is 1. The number of hydrogen-bond donors (Lipinski definition) is 1. The Morgan fingerprint density at radius 3 is 2.58 bits per heavy atom. The van der Waals surface area contributed by atoms with Gasteiger partial charge < -0.3 is 14.8 Å². The van der Waals surface area contributed by atoms with Gasteiger partial charge in [-0.2, -0.15) is 0 Å². The highest BCUT2D eigenvalue weighted by Gasteiger charge is 2.08. The van der Waals surface area contributed by atoms with Crippen LogP contribution >= 0.6 is 11.6 Å². The third-order valence-electron chi connectivity index (χ3n) is 3.30. The molecule has 1 aromatic carbocycles. The molecule has 0 saturated heterocycles. The molecular formula is C18H21ClN2O3. The predicted molar refractivity (Wildman–Crippen MR) is 94.1 cm³/mol. The maximum atomic E-state index is 12.1. The van der Waals surface area contributed by atoms with E-state index in [1.54, 1.807) is 12.1 Å². The Kier molecular flexibility index (Phi) is 6.88. The van der Waals surface area contributed by atoms with Crippen molar-refractivity contribution in [2.75, 3.05) is 19.8 Å². The number of carbonyl (C=O) groups excluding carboxylic acids is 1. The monoisotopic (exact) mass is 348 g/mol. The SMILES string of the molecule is CCOc1ccc(CCNC(=O)c2ccnc(Cl)c2)cc1OCC. The van der Waals surface area contributed by atoms with E-state index >= 15 is 0 Å². The number of hydrogen-bond acceptors (Lipinski definition) is 4. The van der Waals surface area contributed by atoms with E-state index < -0.39 is 0 Å². The molecule has 1 aromatic heterocycles. The van der Waals surface area contributed by atoms with E-state index in [2.05, 4.69) is 10.3 Å². The average molecular weight is 349 g/mol. The first-order valence-corrected chi connectivity index (χ1v) is 8.30. The van der Waals surface area contributed by atoms with Crippen molar-refractivity contribution in [1.82, 2.24) is 10.3 Å². The number of rotatable bonds is 8. The molecule has 0 radical (unpaired) electrons. The summed E-state index contributed by atoms with van der Waals surface area (Å²) in [5.41, 5.74) is 1.56. The van der Waals surface area contributed by atoms with Gasteiger partial charge in [-0.25, -0.2) is 4.98 Å². The summed E-state index contributed by atoms with van der Waals surface area (Å²) >= 11 is 5.79. The van der Waals surface area contributed by atoms with Gasteiger partial charge in [-0.3, -0.25) is 4.79 Å². The number of halogens is 1. The van der Waals surface area contributed by atoms with Crippen LogP contribution in [0.1, 0.15) is 29.8 Å². The Hall–Kier alpha value is -2.27. The number of carbonyl (C=O) groups is 1. The molecule has 0 saturated carbocycles. The molecule has 128 valence electrons. The van der Waals surface area contributed by atoms with Gasteiger partial charge in [0.25, 0.3) is 5.91 Å². The molecular weight excluding hydrogens is 328 g/mol. The van der Waals surface area contributed by atoms with Crippen molar-refractivity contribution in [3.63, 3.8) is 0 Å². The lowest BCUT2D eigenvalue weighted by Crippen LogP contribution is -2.25. The third kappa shape index (κ3) is 5.13. The second kappa shape index (κ2) is 9.13. The van der Waals surface area contributed by atoms with E-state index in [4.69, 9.17) is 21.1 Å². The molecule has 6 heteroatoms. The molecule has 0 aliphatic rings. The van der Waals surface area contributed by atoms with Gasteiger partial charge in [-0.15, -0.1) is 0 Å². The van der Waals surface area contributed by atoms with Gasteiger partial charge in [-0.05, 0) is 50.1 Å². The maximum Gasteiger partial charge on any atom is 0.251 e. The zero-order valence-corrected chi connectivity index (χ0v) is 14.6. The molecule has 24 heavy (non-hydrogen) atoms. The first kappa shape index (κ1) is 18.1. The minimum absolute atomic E-state index is 0.171. The zero-order valence-electron chi connectivity index (χ0n) is 13.8. The van der Waals surface area contributed by atoms with E-state index in [1.807, 2.05) is 32.0 Å². The summed E-state index contributed by atoms with van der Waals surface area (Å²) in [6.45, 7) is 5.54. The van der Waals surface area contributed by atoms with E-state index in [1.165, 1.54) is 6.20 Å². The lowest BCUT2D eigenvalue weighted by atomic mass is 10.1. The molecule has 1 N–H and O–H groups in total. The number of benzene rings is 1. The van der Waals surface area contributed by atoms with Crippen molar-refractivity contribution < 1.29 is 14.3 Å². The van der Waals surface area contributed by atoms with Crippen molar-refractivity contribution in [1.29, 1.82) is 0 Å². The first-order valence-electron chi connectivity index (χ1n) is 7.92. The molecule has 0 bridgehead atoms. The van der Waals surface area contributed by atoms with Gasteiger partial charge >= 0.3 is 0 Å². The molecule has 0 fully saturated rings. The van der Waals surface area contributed by atoms with Gasteiger partial charge in [0.15, 0.2) is 11.5 Å². The van der Waals surface area contributed by atoms with Crippen LogP contribution in [0.2, 0.25) is 5.15 Å². The Morgan fingerprint density at radius 2 is 1.88 bits per heavy atom. The first-order chi connectivity index (χ1) is 11.6. The maximum absolute atomic E-state index is 12.1. The molecule has 2 aromatic rings.